The van der Waals surface area contributed by atoms with Crippen LogP contribution in [0.2, 0.25) is 5.02 Å². The van der Waals surface area contributed by atoms with Crippen LogP contribution in [-0.2, 0) is 19.9 Å². The van der Waals surface area contributed by atoms with Crippen molar-refractivity contribution >= 4 is 40.0 Å². The molecule has 0 bridgehead atoms. The highest BCUT2D eigenvalue weighted by Crippen LogP contribution is 2.21. The van der Waals surface area contributed by atoms with Crippen LogP contribution in [0.5, 0.6) is 0 Å². The van der Waals surface area contributed by atoms with E-state index < -0.39 is 0 Å². The molecule has 0 aliphatic carbocycles. The molecular formula is C23H21ClN4O. The van der Waals surface area contributed by atoms with Crippen LogP contribution in [0.25, 0.3) is 11.0 Å². The van der Waals surface area contributed by atoms with E-state index in [1.807, 2.05) is 55.6 Å². The maximum absolute atomic E-state index is 12.3. The first-order chi connectivity index (χ1) is 14.1. The Morgan fingerprint density at radius 2 is 1.76 bits per heavy atom. The summed E-state index contributed by atoms with van der Waals surface area (Å²) < 4.78 is 2.13. The fourth-order valence-corrected chi connectivity index (χ4v) is 3.51. The van der Waals surface area contributed by atoms with Gasteiger partial charge in [0.15, 0.2) is 0 Å². The maximum atomic E-state index is 12.3. The summed E-state index contributed by atoms with van der Waals surface area (Å²) in [5, 5.41) is 6.12. The van der Waals surface area contributed by atoms with E-state index in [9.17, 15) is 4.79 Å². The SMILES string of the molecule is Cn1c(CCc2cccc(NC(=O)Nc3ccccc3Cl)c2)nc2ccccc21. The molecule has 0 atom stereocenters. The number of imidazole rings is 1. The van der Waals surface area contributed by atoms with E-state index >= 15 is 0 Å². The minimum Gasteiger partial charge on any atom is -0.331 e. The number of aryl methyl sites for hydroxylation is 3. The lowest BCUT2D eigenvalue weighted by Gasteiger charge is -2.10. The number of carbonyl (C=O) groups excluding carboxylic acids is 1. The van der Waals surface area contributed by atoms with E-state index in [4.69, 9.17) is 16.6 Å². The first-order valence-electron chi connectivity index (χ1n) is 9.42. The van der Waals surface area contributed by atoms with E-state index in [2.05, 4.69) is 27.3 Å². The summed E-state index contributed by atoms with van der Waals surface area (Å²) in [5.41, 5.74) is 4.58. The van der Waals surface area contributed by atoms with Gasteiger partial charge in [-0.25, -0.2) is 9.78 Å². The largest absolute Gasteiger partial charge is 0.331 e. The van der Waals surface area contributed by atoms with Crippen molar-refractivity contribution in [1.29, 1.82) is 0 Å². The van der Waals surface area contributed by atoms with E-state index in [1.54, 1.807) is 12.1 Å². The summed E-state index contributed by atoms with van der Waals surface area (Å²) in [4.78, 5) is 17.0. The topological polar surface area (TPSA) is 59.0 Å². The Labute approximate surface area is 174 Å². The number of rotatable bonds is 5. The Kier molecular flexibility index (Phi) is 5.49. The zero-order valence-corrected chi connectivity index (χ0v) is 16.8. The Bertz CT molecular complexity index is 1170. The third-order valence-electron chi connectivity index (χ3n) is 4.82. The molecule has 29 heavy (non-hydrogen) atoms. The van der Waals surface area contributed by atoms with Crippen molar-refractivity contribution in [3.8, 4) is 0 Å². The smallest absolute Gasteiger partial charge is 0.323 e. The molecule has 2 N–H and O–H groups in total. The first kappa shape index (κ1) is 19.0. The number of halogens is 1. The predicted octanol–water partition coefficient (Wildman–Crippen LogP) is 5.66. The van der Waals surface area contributed by atoms with Gasteiger partial charge in [0.05, 0.1) is 21.7 Å². The van der Waals surface area contributed by atoms with Gasteiger partial charge in [0, 0.05) is 19.2 Å². The lowest BCUT2D eigenvalue weighted by molar-refractivity contribution is 0.262. The number of amides is 2. The first-order valence-corrected chi connectivity index (χ1v) is 9.80. The third-order valence-corrected chi connectivity index (χ3v) is 5.15. The second kappa shape index (κ2) is 8.37. The van der Waals surface area contributed by atoms with Crippen molar-refractivity contribution in [1.82, 2.24) is 9.55 Å². The maximum Gasteiger partial charge on any atom is 0.323 e. The molecule has 0 radical (unpaired) electrons. The molecule has 4 rings (SSSR count). The number of hydrogen-bond donors (Lipinski definition) is 2. The second-order valence-corrected chi connectivity index (χ2v) is 7.24. The van der Waals surface area contributed by atoms with Gasteiger partial charge in [-0.2, -0.15) is 0 Å². The molecule has 0 aliphatic rings. The predicted molar refractivity (Wildman–Crippen MR) is 119 cm³/mol. The normalized spacial score (nSPS) is 10.8. The number of nitrogens with zero attached hydrogens (tertiary/aromatic N) is 2. The Morgan fingerprint density at radius 1 is 0.966 bits per heavy atom. The number of para-hydroxylation sites is 3. The zero-order valence-electron chi connectivity index (χ0n) is 16.0. The summed E-state index contributed by atoms with van der Waals surface area (Å²) >= 11 is 6.09. The Balaban J connectivity index is 1.41. The van der Waals surface area contributed by atoms with E-state index in [-0.39, 0.29) is 6.03 Å². The van der Waals surface area contributed by atoms with Crippen molar-refractivity contribution in [2.24, 2.45) is 7.05 Å². The summed E-state index contributed by atoms with van der Waals surface area (Å²) in [6.07, 6.45) is 1.65. The lowest BCUT2D eigenvalue weighted by atomic mass is 10.1. The summed E-state index contributed by atoms with van der Waals surface area (Å²) in [7, 11) is 2.04. The summed E-state index contributed by atoms with van der Waals surface area (Å²) in [6, 6.07) is 22.8. The lowest BCUT2D eigenvalue weighted by Crippen LogP contribution is -2.19. The number of urea groups is 1. The zero-order chi connectivity index (χ0) is 20.2. The monoisotopic (exact) mass is 404 g/mol. The highest BCUT2D eigenvalue weighted by Gasteiger charge is 2.09. The van der Waals surface area contributed by atoms with Crippen molar-refractivity contribution < 1.29 is 4.79 Å². The third kappa shape index (κ3) is 4.41. The minimum absolute atomic E-state index is 0.328. The Hall–Kier alpha value is -3.31. The van der Waals surface area contributed by atoms with Crippen LogP contribution in [0.3, 0.4) is 0 Å². The van der Waals surface area contributed by atoms with Crippen LogP contribution in [-0.4, -0.2) is 15.6 Å². The summed E-state index contributed by atoms with van der Waals surface area (Å²) in [5.74, 6) is 1.04. The molecule has 0 unspecified atom stereocenters. The van der Waals surface area contributed by atoms with Crippen molar-refractivity contribution in [3.05, 3.63) is 89.2 Å². The fourth-order valence-electron chi connectivity index (χ4n) is 3.33. The Morgan fingerprint density at radius 3 is 2.59 bits per heavy atom. The molecule has 146 valence electrons. The van der Waals surface area contributed by atoms with Crippen LogP contribution in [0.1, 0.15) is 11.4 Å². The van der Waals surface area contributed by atoms with Crippen LogP contribution < -0.4 is 10.6 Å². The van der Waals surface area contributed by atoms with E-state index in [1.165, 1.54) is 0 Å². The minimum atomic E-state index is -0.328. The highest BCUT2D eigenvalue weighted by atomic mass is 35.5. The highest BCUT2D eigenvalue weighted by molar-refractivity contribution is 6.33. The average Bonchev–Trinajstić information content (AvgIpc) is 3.04. The molecule has 6 heteroatoms. The number of aromatic nitrogens is 2. The molecule has 5 nitrogen and oxygen atoms in total. The summed E-state index contributed by atoms with van der Waals surface area (Å²) in [6.45, 7) is 0. The molecule has 0 aliphatic heterocycles. The number of nitrogens with one attached hydrogen (secondary N) is 2. The second-order valence-electron chi connectivity index (χ2n) is 6.84. The van der Waals surface area contributed by atoms with Crippen LogP contribution >= 0.6 is 11.6 Å². The van der Waals surface area contributed by atoms with Gasteiger partial charge < -0.3 is 15.2 Å². The molecule has 2 amide bonds. The molecular weight excluding hydrogens is 384 g/mol. The molecule has 1 aromatic heterocycles. The molecule has 3 aromatic carbocycles. The van der Waals surface area contributed by atoms with E-state index in [0.717, 1.165) is 41.0 Å². The van der Waals surface area contributed by atoms with Crippen LogP contribution in [0, 0.1) is 0 Å². The quantitative estimate of drug-likeness (QED) is 0.451. The number of hydrogen-bond acceptors (Lipinski definition) is 2. The van der Waals surface area contributed by atoms with Crippen molar-refractivity contribution in [2.75, 3.05) is 10.6 Å². The average molecular weight is 405 g/mol. The number of benzene rings is 3. The van der Waals surface area contributed by atoms with Gasteiger partial charge in [-0.1, -0.05) is 48.0 Å². The standard InChI is InChI=1S/C23H21ClN4O/c1-28-21-12-5-4-11-20(21)26-22(28)14-13-16-7-6-8-17(15-16)25-23(29)27-19-10-3-2-9-18(19)24/h2-12,15H,13-14H2,1H3,(H2,25,27,29). The van der Waals surface area contributed by atoms with Crippen LogP contribution in [0.15, 0.2) is 72.8 Å². The molecule has 0 saturated heterocycles. The molecule has 1 heterocycles. The van der Waals surface area contributed by atoms with Crippen molar-refractivity contribution in [2.45, 2.75) is 12.8 Å². The van der Waals surface area contributed by atoms with Gasteiger partial charge in [0.1, 0.15) is 5.82 Å². The molecule has 0 fully saturated rings. The van der Waals surface area contributed by atoms with Gasteiger partial charge in [0.25, 0.3) is 0 Å². The van der Waals surface area contributed by atoms with Crippen LogP contribution in [0.4, 0.5) is 16.2 Å². The molecule has 4 aromatic rings. The van der Waals surface area contributed by atoms with Gasteiger partial charge in [0.2, 0.25) is 0 Å². The van der Waals surface area contributed by atoms with Gasteiger partial charge in [-0.05, 0) is 48.4 Å². The molecule has 0 saturated carbocycles. The number of carbonyl (C=O) groups is 1. The number of fused-ring (bicyclic) bond motifs is 1. The van der Waals surface area contributed by atoms with Crippen molar-refractivity contribution in [3.63, 3.8) is 0 Å². The van der Waals surface area contributed by atoms with E-state index in [0.29, 0.717) is 10.7 Å². The van der Waals surface area contributed by atoms with Gasteiger partial charge in [-0.15, -0.1) is 0 Å². The van der Waals surface area contributed by atoms with Gasteiger partial charge in [-0.3, -0.25) is 0 Å². The molecule has 0 spiro atoms. The fraction of sp³-hybridized carbons (Fsp3) is 0.130. The van der Waals surface area contributed by atoms with Gasteiger partial charge >= 0.3 is 6.03 Å². The number of anilines is 2.